The summed E-state index contributed by atoms with van der Waals surface area (Å²) in [7, 11) is 5.43. The van der Waals surface area contributed by atoms with Gasteiger partial charge >= 0.3 is 0 Å². The second kappa shape index (κ2) is 9.33. The Morgan fingerprint density at radius 3 is 2.82 bits per heavy atom. The molecular formula is C16H32N4O2. The molecule has 2 atom stereocenters. The number of rotatable bonds is 7. The van der Waals surface area contributed by atoms with Crippen molar-refractivity contribution in [3.8, 4) is 0 Å². The first-order chi connectivity index (χ1) is 10.8. The van der Waals surface area contributed by atoms with E-state index in [-0.39, 0.29) is 0 Å². The van der Waals surface area contributed by atoms with Gasteiger partial charge in [-0.2, -0.15) is 0 Å². The van der Waals surface area contributed by atoms with Gasteiger partial charge in [-0.3, -0.25) is 9.89 Å². The third kappa shape index (κ3) is 4.83. The summed E-state index contributed by atoms with van der Waals surface area (Å²) >= 11 is 0. The predicted octanol–water partition coefficient (Wildman–Crippen LogP) is 0.641. The van der Waals surface area contributed by atoms with Crippen molar-refractivity contribution >= 4 is 5.96 Å². The van der Waals surface area contributed by atoms with E-state index in [2.05, 4.69) is 20.1 Å². The molecule has 2 heterocycles. The normalized spacial score (nSPS) is 26.9. The molecule has 0 radical (unpaired) electrons. The minimum Gasteiger partial charge on any atom is -0.384 e. The fourth-order valence-electron chi connectivity index (χ4n) is 3.57. The van der Waals surface area contributed by atoms with Crippen LogP contribution in [0.3, 0.4) is 0 Å². The van der Waals surface area contributed by atoms with Gasteiger partial charge in [-0.1, -0.05) is 0 Å². The molecule has 1 N–H and O–H groups in total. The van der Waals surface area contributed by atoms with Gasteiger partial charge in [0.05, 0.1) is 13.2 Å². The molecule has 2 aliphatic heterocycles. The summed E-state index contributed by atoms with van der Waals surface area (Å²) in [6.45, 7) is 6.98. The maximum atomic E-state index is 5.27. The molecule has 0 bridgehead atoms. The summed E-state index contributed by atoms with van der Waals surface area (Å²) in [5.41, 5.74) is 0. The number of aliphatic imine (C=N–C) groups is 1. The van der Waals surface area contributed by atoms with Crippen LogP contribution in [0.4, 0.5) is 0 Å². The lowest BCUT2D eigenvalue weighted by atomic mass is 10.1. The Balaban J connectivity index is 1.76. The van der Waals surface area contributed by atoms with Crippen LogP contribution < -0.4 is 5.32 Å². The molecule has 2 unspecified atom stereocenters. The summed E-state index contributed by atoms with van der Waals surface area (Å²) in [5, 5.41) is 3.57. The van der Waals surface area contributed by atoms with Crippen LogP contribution in [0.15, 0.2) is 4.99 Å². The van der Waals surface area contributed by atoms with E-state index in [1.165, 1.54) is 25.8 Å². The van der Waals surface area contributed by atoms with E-state index in [9.17, 15) is 0 Å². The van der Waals surface area contributed by atoms with E-state index < -0.39 is 0 Å². The molecule has 0 aromatic carbocycles. The lowest BCUT2D eigenvalue weighted by Crippen LogP contribution is -2.46. The monoisotopic (exact) mass is 312 g/mol. The Hall–Kier alpha value is -0.850. The highest BCUT2D eigenvalue weighted by molar-refractivity contribution is 5.80. The topological polar surface area (TPSA) is 49.3 Å². The maximum absolute atomic E-state index is 5.27. The van der Waals surface area contributed by atoms with Crippen LogP contribution in [0.25, 0.3) is 0 Å². The third-order valence-corrected chi connectivity index (χ3v) is 4.78. The van der Waals surface area contributed by atoms with Gasteiger partial charge in [0.2, 0.25) is 0 Å². The van der Waals surface area contributed by atoms with E-state index in [0.29, 0.717) is 12.0 Å². The zero-order valence-electron chi connectivity index (χ0n) is 14.4. The molecule has 6 nitrogen and oxygen atoms in total. The smallest absolute Gasteiger partial charge is 0.193 e. The number of nitrogens with one attached hydrogen (secondary N) is 1. The van der Waals surface area contributed by atoms with E-state index in [1.54, 1.807) is 14.2 Å². The Labute approximate surface area is 134 Å². The number of guanidine groups is 1. The number of ether oxygens (including phenoxy) is 2. The average Bonchev–Trinajstić information content (AvgIpc) is 3.16. The SMILES string of the molecule is CN=C(NCC1CCCN1CCOC)N1CCC(COC)C1. The standard InChI is InChI=1S/C16H32N4O2/c1-17-16(20-8-6-14(12-20)13-22-3)18-11-15-5-4-7-19(15)9-10-21-2/h14-15H,4-13H2,1-3H3,(H,17,18). The van der Waals surface area contributed by atoms with Crippen LogP contribution in [0.5, 0.6) is 0 Å². The minimum absolute atomic E-state index is 0.601. The highest BCUT2D eigenvalue weighted by atomic mass is 16.5. The number of hydrogen-bond donors (Lipinski definition) is 1. The number of nitrogens with zero attached hydrogens (tertiary/aromatic N) is 3. The molecular weight excluding hydrogens is 280 g/mol. The van der Waals surface area contributed by atoms with Crippen LogP contribution in [-0.4, -0.2) is 89.0 Å². The molecule has 0 amide bonds. The van der Waals surface area contributed by atoms with Gasteiger partial charge in [0.25, 0.3) is 0 Å². The van der Waals surface area contributed by atoms with Crippen molar-refractivity contribution in [3.63, 3.8) is 0 Å². The highest BCUT2D eigenvalue weighted by Gasteiger charge is 2.27. The van der Waals surface area contributed by atoms with E-state index in [1.807, 2.05) is 7.05 Å². The van der Waals surface area contributed by atoms with Crippen molar-refractivity contribution < 1.29 is 9.47 Å². The lowest BCUT2D eigenvalue weighted by Gasteiger charge is -2.27. The highest BCUT2D eigenvalue weighted by Crippen LogP contribution is 2.18. The first-order valence-corrected chi connectivity index (χ1v) is 8.46. The largest absolute Gasteiger partial charge is 0.384 e. The Bertz CT molecular complexity index is 351. The number of likely N-dealkylation sites (tertiary alicyclic amines) is 2. The zero-order chi connectivity index (χ0) is 15.8. The molecule has 2 aliphatic rings. The number of hydrogen-bond acceptors (Lipinski definition) is 4. The molecule has 6 heteroatoms. The molecule has 0 spiro atoms. The van der Waals surface area contributed by atoms with Crippen molar-refractivity contribution in [1.29, 1.82) is 0 Å². The van der Waals surface area contributed by atoms with Crippen LogP contribution in [0.1, 0.15) is 19.3 Å². The average molecular weight is 312 g/mol. The van der Waals surface area contributed by atoms with Crippen molar-refractivity contribution in [2.75, 3.05) is 67.2 Å². The van der Waals surface area contributed by atoms with Gasteiger partial charge in [0.15, 0.2) is 5.96 Å². The Kier molecular flexibility index (Phi) is 7.42. The van der Waals surface area contributed by atoms with Gasteiger partial charge in [-0.25, -0.2) is 0 Å². The van der Waals surface area contributed by atoms with Crippen LogP contribution in [0.2, 0.25) is 0 Å². The van der Waals surface area contributed by atoms with Crippen LogP contribution in [-0.2, 0) is 9.47 Å². The first-order valence-electron chi connectivity index (χ1n) is 8.46. The molecule has 2 saturated heterocycles. The fraction of sp³-hybridized carbons (Fsp3) is 0.938. The molecule has 2 rings (SSSR count). The van der Waals surface area contributed by atoms with Crippen molar-refractivity contribution in [2.45, 2.75) is 25.3 Å². The summed E-state index contributed by atoms with van der Waals surface area (Å²) < 4.78 is 10.5. The fourth-order valence-corrected chi connectivity index (χ4v) is 3.57. The summed E-state index contributed by atoms with van der Waals surface area (Å²) in [6.07, 6.45) is 3.74. The minimum atomic E-state index is 0.601. The van der Waals surface area contributed by atoms with Gasteiger partial charge < -0.3 is 19.7 Å². The molecule has 0 aliphatic carbocycles. The molecule has 0 aromatic rings. The molecule has 22 heavy (non-hydrogen) atoms. The maximum Gasteiger partial charge on any atom is 0.193 e. The molecule has 128 valence electrons. The van der Waals surface area contributed by atoms with Gasteiger partial charge in [0, 0.05) is 59.4 Å². The second-order valence-corrected chi connectivity index (χ2v) is 6.31. The van der Waals surface area contributed by atoms with Crippen LogP contribution in [0, 0.1) is 5.92 Å². The van der Waals surface area contributed by atoms with E-state index in [4.69, 9.17) is 9.47 Å². The summed E-state index contributed by atoms with van der Waals surface area (Å²) in [6, 6.07) is 0.601. The van der Waals surface area contributed by atoms with Crippen molar-refractivity contribution in [1.82, 2.24) is 15.1 Å². The van der Waals surface area contributed by atoms with Crippen molar-refractivity contribution in [3.05, 3.63) is 0 Å². The van der Waals surface area contributed by atoms with Crippen LogP contribution >= 0.6 is 0 Å². The van der Waals surface area contributed by atoms with Gasteiger partial charge in [-0.05, 0) is 25.8 Å². The lowest BCUT2D eigenvalue weighted by molar-refractivity contribution is 0.141. The second-order valence-electron chi connectivity index (χ2n) is 6.31. The summed E-state index contributed by atoms with van der Waals surface area (Å²) in [5.74, 6) is 1.67. The predicted molar refractivity (Wildman–Crippen MR) is 89.4 cm³/mol. The van der Waals surface area contributed by atoms with Crippen molar-refractivity contribution in [2.24, 2.45) is 10.9 Å². The summed E-state index contributed by atoms with van der Waals surface area (Å²) in [4.78, 5) is 9.35. The van der Waals surface area contributed by atoms with E-state index in [0.717, 1.165) is 45.4 Å². The Morgan fingerprint density at radius 1 is 1.23 bits per heavy atom. The zero-order valence-corrected chi connectivity index (χ0v) is 14.4. The van der Waals surface area contributed by atoms with Gasteiger partial charge in [-0.15, -0.1) is 0 Å². The molecule has 2 fully saturated rings. The third-order valence-electron chi connectivity index (χ3n) is 4.78. The number of methoxy groups -OCH3 is 2. The molecule has 0 aromatic heterocycles. The Morgan fingerprint density at radius 2 is 2.09 bits per heavy atom. The quantitative estimate of drug-likeness (QED) is 0.552. The molecule has 0 saturated carbocycles. The van der Waals surface area contributed by atoms with Gasteiger partial charge in [0.1, 0.15) is 0 Å². The first kappa shape index (κ1) is 17.5. The van der Waals surface area contributed by atoms with E-state index >= 15 is 0 Å².